The van der Waals surface area contributed by atoms with Crippen molar-refractivity contribution in [2.45, 2.75) is 20.0 Å². The summed E-state index contributed by atoms with van der Waals surface area (Å²) >= 11 is 0. The van der Waals surface area contributed by atoms with Crippen LogP contribution in [0.15, 0.2) is 6.20 Å². The third kappa shape index (κ3) is 2.08. The number of carbonyl (C=O) groups is 1. The summed E-state index contributed by atoms with van der Waals surface area (Å²) in [5.74, 6) is -1.00. The first kappa shape index (κ1) is 11.5. The number of nitrogens with two attached hydrogens (primary N) is 1. The van der Waals surface area contributed by atoms with Crippen LogP contribution in [0.2, 0.25) is 0 Å². The first-order valence-electron chi connectivity index (χ1n) is 4.13. The van der Waals surface area contributed by atoms with Gasteiger partial charge < -0.3 is 5.73 Å². The summed E-state index contributed by atoms with van der Waals surface area (Å²) in [4.78, 5) is 14.5. The Morgan fingerprint density at radius 3 is 2.33 bits per heavy atom. The molecule has 15 heavy (non-hydrogen) atoms. The molecule has 0 bridgehead atoms. The standard InChI is InChI=1S/C9H9F3N2O/c10-1-5-4-14-7(3-12)8(9(13)15)6(5)2-11/h4H,1-3H2,(H2,13,15). The number of pyridine rings is 1. The van der Waals surface area contributed by atoms with Gasteiger partial charge in [0.1, 0.15) is 20.0 Å². The van der Waals surface area contributed by atoms with Crippen molar-refractivity contribution in [3.8, 4) is 0 Å². The predicted octanol–water partition coefficient (Wildman–Crippen LogP) is 1.59. The second-order valence-electron chi connectivity index (χ2n) is 2.85. The number of primary amides is 1. The summed E-state index contributed by atoms with van der Waals surface area (Å²) in [6.45, 7) is -3.09. The minimum atomic E-state index is -1.08. The maximum Gasteiger partial charge on any atom is 0.251 e. The van der Waals surface area contributed by atoms with Crippen LogP contribution in [0.1, 0.15) is 27.2 Å². The molecule has 1 aromatic rings. The van der Waals surface area contributed by atoms with Crippen molar-refractivity contribution in [2.24, 2.45) is 5.73 Å². The van der Waals surface area contributed by atoms with Gasteiger partial charge in [-0.15, -0.1) is 0 Å². The number of aromatic nitrogens is 1. The highest BCUT2D eigenvalue weighted by Gasteiger charge is 2.18. The highest BCUT2D eigenvalue weighted by atomic mass is 19.1. The number of amides is 1. The molecule has 0 aliphatic heterocycles. The third-order valence-electron chi connectivity index (χ3n) is 2.00. The Hall–Kier alpha value is -1.59. The summed E-state index contributed by atoms with van der Waals surface area (Å²) in [6, 6.07) is 0. The fraction of sp³-hybridized carbons (Fsp3) is 0.333. The van der Waals surface area contributed by atoms with E-state index in [2.05, 4.69) is 4.98 Å². The minimum Gasteiger partial charge on any atom is -0.366 e. The van der Waals surface area contributed by atoms with Gasteiger partial charge in [0.25, 0.3) is 5.91 Å². The van der Waals surface area contributed by atoms with Crippen LogP contribution < -0.4 is 5.73 Å². The molecule has 2 N–H and O–H groups in total. The van der Waals surface area contributed by atoms with Crippen molar-refractivity contribution in [1.29, 1.82) is 0 Å². The van der Waals surface area contributed by atoms with Crippen molar-refractivity contribution in [2.75, 3.05) is 0 Å². The Bertz CT molecular complexity index is 382. The molecule has 0 aliphatic carbocycles. The number of alkyl halides is 3. The van der Waals surface area contributed by atoms with Crippen LogP contribution in [0.3, 0.4) is 0 Å². The molecule has 0 saturated carbocycles. The molecule has 0 atom stereocenters. The van der Waals surface area contributed by atoms with Gasteiger partial charge >= 0.3 is 0 Å². The van der Waals surface area contributed by atoms with Crippen LogP contribution in [0, 0.1) is 0 Å². The smallest absolute Gasteiger partial charge is 0.251 e. The largest absolute Gasteiger partial charge is 0.366 e. The molecule has 1 amide bonds. The highest BCUT2D eigenvalue weighted by molar-refractivity contribution is 5.95. The van der Waals surface area contributed by atoms with E-state index in [-0.39, 0.29) is 22.4 Å². The number of hydrogen-bond donors (Lipinski definition) is 1. The topological polar surface area (TPSA) is 56.0 Å². The summed E-state index contributed by atoms with van der Waals surface area (Å²) in [5, 5.41) is 0. The molecule has 1 heterocycles. The fourth-order valence-electron chi connectivity index (χ4n) is 1.29. The quantitative estimate of drug-likeness (QED) is 0.834. The number of halogens is 3. The van der Waals surface area contributed by atoms with Gasteiger partial charge in [-0.25, -0.2) is 13.2 Å². The molecule has 82 valence electrons. The van der Waals surface area contributed by atoms with Crippen LogP contribution in [-0.2, 0) is 20.0 Å². The van der Waals surface area contributed by atoms with Crippen LogP contribution >= 0.6 is 0 Å². The van der Waals surface area contributed by atoms with Gasteiger partial charge in [0.15, 0.2) is 0 Å². The summed E-state index contributed by atoms with van der Waals surface area (Å²) < 4.78 is 37.4. The SMILES string of the molecule is NC(=O)c1c(CF)ncc(CF)c1CF. The Morgan fingerprint density at radius 1 is 1.27 bits per heavy atom. The Morgan fingerprint density at radius 2 is 1.93 bits per heavy atom. The molecule has 0 saturated heterocycles. The number of carbonyl (C=O) groups excluding carboxylic acids is 1. The van der Waals surface area contributed by atoms with Crippen LogP contribution in [0.25, 0.3) is 0 Å². The van der Waals surface area contributed by atoms with Crippen molar-refractivity contribution in [3.05, 3.63) is 28.6 Å². The average Bonchev–Trinajstić information content (AvgIpc) is 2.26. The zero-order valence-corrected chi connectivity index (χ0v) is 7.77. The van der Waals surface area contributed by atoms with E-state index < -0.39 is 25.9 Å². The Balaban J connectivity index is 3.44. The molecule has 0 fully saturated rings. The lowest BCUT2D eigenvalue weighted by Gasteiger charge is -2.10. The van der Waals surface area contributed by atoms with E-state index >= 15 is 0 Å². The minimum absolute atomic E-state index is 0.0801. The summed E-state index contributed by atoms with van der Waals surface area (Å²) in [7, 11) is 0. The van der Waals surface area contributed by atoms with E-state index in [0.717, 1.165) is 6.20 Å². The molecule has 0 unspecified atom stereocenters. The molecule has 3 nitrogen and oxygen atoms in total. The second-order valence-corrected chi connectivity index (χ2v) is 2.85. The van der Waals surface area contributed by atoms with Gasteiger partial charge in [0, 0.05) is 17.3 Å². The normalized spacial score (nSPS) is 10.3. The predicted molar refractivity (Wildman–Crippen MR) is 47.2 cm³/mol. The summed E-state index contributed by atoms with van der Waals surface area (Å²) in [6.07, 6.45) is 1.01. The van der Waals surface area contributed by atoms with E-state index in [4.69, 9.17) is 5.73 Å². The third-order valence-corrected chi connectivity index (χ3v) is 2.00. The van der Waals surface area contributed by atoms with E-state index in [1.165, 1.54) is 0 Å². The molecule has 0 spiro atoms. The molecule has 1 aromatic heterocycles. The lowest BCUT2D eigenvalue weighted by molar-refractivity contribution is 0.0996. The molecule has 0 aromatic carbocycles. The number of nitrogens with zero attached hydrogens (tertiary/aromatic N) is 1. The number of hydrogen-bond acceptors (Lipinski definition) is 2. The molecule has 0 radical (unpaired) electrons. The monoisotopic (exact) mass is 218 g/mol. The molecule has 6 heteroatoms. The lowest BCUT2D eigenvalue weighted by Crippen LogP contribution is -2.18. The van der Waals surface area contributed by atoms with Crippen molar-refractivity contribution in [1.82, 2.24) is 4.98 Å². The van der Waals surface area contributed by atoms with Crippen molar-refractivity contribution in [3.63, 3.8) is 0 Å². The van der Waals surface area contributed by atoms with Gasteiger partial charge in [0.05, 0.1) is 11.3 Å². The molecular weight excluding hydrogens is 209 g/mol. The van der Waals surface area contributed by atoms with Crippen molar-refractivity contribution >= 4 is 5.91 Å². The van der Waals surface area contributed by atoms with Crippen molar-refractivity contribution < 1.29 is 18.0 Å². The first-order valence-corrected chi connectivity index (χ1v) is 4.13. The zero-order valence-electron chi connectivity index (χ0n) is 7.77. The van der Waals surface area contributed by atoms with Gasteiger partial charge in [-0.05, 0) is 0 Å². The van der Waals surface area contributed by atoms with Gasteiger partial charge in [-0.3, -0.25) is 9.78 Å². The Labute approximate surface area is 84.1 Å². The maximum absolute atomic E-state index is 12.6. The Kier molecular flexibility index (Phi) is 3.65. The van der Waals surface area contributed by atoms with Crippen LogP contribution in [-0.4, -0.2) is 10.9 Å². The van der Waals surface area contributed by atoms with E-state index in [0.29, 0.717) is 0 Å². The van der Waals surface area contributed by atoms with Gasteiger partial charge in [-0.2, -0.15) is 0 Å². The maximum atomic E-state index is 12.6. The summed E-state index contributed by atoms with van der Waals surface area (Å²) in [5.41, 5.74) is 4.05. The molecular formula is C9H9F3N2O. The first-order chi connectivity index (χ1) is 7.15. The van der Waals surface area contributed by atoms with Crippen LogP contribution in [0.4, 0.5) is 13.2 Å². The van der Waals surface area contributed by atoms with Gasteiger partial charge in [0.2, 0.25) is 0 Å². The van der Waals surface area contributed by atoms with E-state index in [9.17, 15) is 18.0 Å². The van der Waals surface area contributed by atoms with E-state index in [1.54, 1.807) is 0 Å². The molecule has 1 rings (SSSR count). The van der Waals surface area contributed by atoms with E-state index in [1.807, 2.05) is 0 Å². The van der Waals surface area contributed by atoms with Crippen LogP contribution in [0.5, 0.6) is 0 Å². The lowest BCUT2D eigenvalue weighted by atomic mass is 10.0. The van der Waals surface area contributed by atoms with Gasteiger partial charge in [-0.1, -0.05) is 0 Å². The second kappa shape index (κ2) is 4.77. The molecule has 0 aliphatic rings. The number of rotatable bonds is 4. The zero-order chi connectivity index (χ0) is 11.4. The fourth-order valence-corrected chi connectivity index (χ4v) is 1.29. The average molecular weight is 218 g/mol. The highest BCUT2D eigenvalue weighted by Crippen LogP contribution is 2.20.